The van der Waals surface area contributed by atoms with E-state index in [0.29, 0.717) is 5.69 Å². The molecule has 0 spiro atoms. The van der Waals surface area contributed by atoms with Crippen molar-refractivity contribution >= 4 is 29.1 Å². The van der Waals surface area contributed by atoms with E-state index in [1.54, 1.807) is 12.1 Å². The first-order valence-electron chi connectivity index (χ1n) is 8.75. The van der Waals surface area contributed by atoms with E-state index >= 15 is 0 Å². The highest BCUT2D eigenvalue weighted by atomic mass is 19.1. The zero-order valence-electron chi connectivity index (χ0n) is 15.2. The maximum Gasteiger partial charge on any atom is 0.265 e. The minimum absolute atomic E-state index is 0.0172. The minimum atomic E-state index is -0.792. The van der Waals surface area contributed by atoms with Gasteiger partial charge in [-0.2, -0.15) is 0 Å². The number of benzene rings is 2. The van der Waals surface area contributed by atoms with Gasteiger partial charge in [0.25, 0.3) is 11.8 Å². The van der Waals surface area contributed by atoms with E-state index in [2.05, 4.69) is 24.1 Å². The van der Waals surface area contributed by atoms with Crippen LogP contribution in [-0.4, -0.2) is 42.3 Å². The van der Waals surface area contributed by atoms with Gasteiger partial charge in [0.2, 0.25) is 5.91 Å². The molecule has 0 saturated carbocycles. The number of hydrogen-bond acceptors (Lipinski definition) is 4. The topological polar surface area (TPSA) is 69.7 Å². The molecule has 1 N–H and O–H groups in total. The Balaban J connectivity index is 1.67. The van der Waals surface area contributed by atoms with Crippen LogP contribution in [0.3, 0.4) is 0 Å². The number of fused-ring (bicyclic) bond motifs is 1. The van der Waals surface area contributed by atoms with Crippen LogP contribution in [0, 0.1) is 5.82 Å². The van der Waals surface area contributed by atoms with Crippen LogP contribution in [0.1, 0.15) is 34.6 Å². The Kier molecular flexibility index (Phi) is 5.21. The van der Waals surface area contributed by atoms with Crippen LogP contribution >= 0.6 is 0 Å². The van der Waals surface area contributed by atoms with Gasteiger partial charge in [0, 0.05) is 24.5 Å². The Bertz CT molecular complexity index is 892. The van der Waals surface area contributed by atoms with E-state index in [1.165, 1.54) is 12.1 Å². The minimum Gasteiger partial charge on any atom is -0.372 e. The smallest absolute Gasteiger partial charge is 0.265 e. The van der Waals surface area contributed by atoms with E-state index in [0.717, 1.165) is 29.7 Å². The SMILES string of the molecule is CCN(CC)c1ccc(NC(=O)CN2C(=O)c3cccc(F)c3C2=O)cc1. The van der Waals surface area contributed by atoms with Crippen molar-refractivity contribution in [3.63, 3.8) is 0 Å². The van der Waals surface area contributed by atoms with Crippen LogP contribution in [-0.2, 0) is 4.79 Å². The van der Waals surface area contributed by atoms with Gasteiger partial charge >= 0.3 is 0 Å². The maximum absolute atomic E-state index is 13.8. The van der Waals surface area contributed by atoms with Crippen molar-refractivity contribution in [1.29, 1.82) is 0 Å². The number of rotatable bonds is 6. The number of halogens is 1. The third-order valence-corrected chi connectivity index (χ3v) is 4.53. The lowest BCUT2D eigenvalue weighted by Crippen LogP contribution is -2.37. The zero-order valence-corrected chi connectivity index (χ0v) is 15.2. The third kappa shape index (κ3) is 3.53. The summed E-state index contributed by atoms with van der Waals surface area (Å²) in [5.74, 6) is -2.75. The number of nitrogens with one attached hydrogen (secondary N) is 1. The van der Waals surface area contributed by atoms with Crippen molar-refractivity contribution < 1.29 is 18.8 Å². The van der Waals surface area contributed by atoms with Crippen molar-refractivity contribution in [2.45, 2.75) is 13.8 Å². The molecule has 2 aromatic rings. The molecule has 3 rings (SSSR count). The highest BCUT2D eigenvalue weighted by Crippen LogP contribution is 2.25. The fraction of sp³-hybridized carbons (Fsp3) is 0.250. The molecule has 0 fully saturated rings. The van der Waals surface area contributed by atoms with Gasteiger partial charge in [-0.15, -0.1) is 0 Å². The fourth-order valence-corrected chi connectivity index (χ4v) is 3.12. The average Bonchev–Trinajstić information content (AvgIpc) is 2.90. The molecular weight excluding hydrogens is 349 g/mol. The molecule has 0 saturated heterocycles. The van der Waals surface area contributed by atoms with Gasteiger partial charge in [-0.1, -0.05) is 6.07 Å². The molecule has 0 aromatic heterocycles. The second-order valence-electron chi connectivity index (χ2n) is 6.13. The molecule has 1 aliphatic heterocycles. The van der Waals surface area contributed by atoms with Crippen molar-refractivity contribution in [3.05, 3.63) is 59.4 Å². The van der Waals surface area contributed by atoms with E-state index in [4.69, 9.17) is 0 Å². The van der Waals surface area contributed by atoms with E-state index < -0.39 is 30.1 Å². The van der Waals surface area contributed by atoms with Crippen LogP contribution < -0.4 is 10.2 Å². The van der Waals surface area contributed by atoms with E-state index in [-0.39, 0.29) is 11.1 Å². The molecule has 27 heavy (non-hydrogen) atoms. The number of imide groups is 1. The predicted molar refractivity (Wildman–Crippen MR) is 100 cm³/mol. The number of anilines is 2. The molecule has 0 aliphatic carbocycles. The summed E-state index contributed by atoms with van der Waals surface area (Å²) in [4.78, 5) is 39.8. The average molecular weight is 369 g/mol. The lowest BCUT2D eigenvalue weighted by atomic mass is 10.1. The Morgan fingerprint density at radius 2 is 1.70 bits per heavy atom. The summed E-state index contributed by atoms with van der Waals surface area (Å²) in [6.45, 7) is 5.40. The standard InChI is InChI=1S/C20H20FN3O3/c1-3-23(4-2)14-10-8-13(9-11-14)22-17(25)12-24-19(26)15-6-5-7-16(21)18(15)20(24)27/h5-11H,3-4,12H2,1-2H3,(H,22,25). The lowest BCUT2D eigenvalue weighted by molar-refractivity contribution is -0.116. The summed E-state index contributed by atoms with van der Waals surface area (Å²) < 4.78 is 13.8. The van der Waals surface area contributed by atoms with Gasteiger partial charge in [0.1, 0.15) is 12.4 Å². The molecule has 0 bridgehead atoms. The Morgan fingerprint density at radius 3 is 2.30 bits per heavy atom. The second-order valence-corrected chi connectivity index (χ2v) is 6.13. The van der Waals surface area contributed by atoms with Gasteiger partial charge < -0.3 is 10.2 Å². The van der Waals surface area contributed by atoms with Crippen molar-refractivity contribution in [3.8, 4) is 0 Å². The Labute approximate surface area is 156 Å². The van der Waals surface area contributed by atoms with Crippen molar-refractivity contribution in [2.75, 3.05) is 29.9 Å². The second kappa shape index (κ2) is 7.57. The van der Waals surface area contributed by atoms with Gasteiger partial charge in [0.15, 0.2) is 0 Å². The molecule has 0 radical (unpaired) electrons. The van der Waals surface area contributed by atoms with Gasteiger partial charge in [-0.05, 0) is 50.2 Å². The number of hydrogen-bond donors (Lipinski definition) is 1. The largest absolute Gasteiger partial charge is 0.372 e. The normalized spacial score (nSPS) is 12.9. The fourth-order valence-electron chi connectivity index (χ4n) is 3.12. The number of carbonyl (C=O) groups excluding carboxylic acids is 3. The summed E-state index contributed by atoms with van der Waals surface area (Å²) in [5, 5.41) is 2.66. The van der Waals surface area contributed by atoms with Crippen LogP contribution in [0.4, 0.5) is 15.8 Å². The van der Waals surface area contributed by atoms with Crippen LogP contribution in [0.15, 0.2) is 42.5 Å². The summed E-state index contributed by atoms with van der Waals surface area (Å²) >= 11 is 0. The summed E-state index contributed by atoms with van der Waals surface area (Å²) in [5.41, 5.74) is 1.29. The highest BCUT2D eigenvalue weighted by molar-refractivity contribution is 6.22. The molecule has 7 heteroatoms. The van der Waals surface area contributed by atoms with Crippen molar-refractivity contribution in [2.24, 2.45) is 0 Å². The first kappa shape index (κ1) is 18.6. The van der Waals surface area contributed by atoms with Gasteiger partial charge in [-0.25, -0.2) is 4.39 Å². The number of carbonyl (C=O) groups is 3. The van der Waals surface area contributed by atoms with Crippen molar-refractivity contribution in [1.82, 2.24) is 4.90 Å². The van der Waals surface area contributed by atoms with E-state index in [1.807, 2.05) is 12.1 Å². The molecule has 3 amide bonds. The molecule has 140 valence electrons. The monoisotopic (exact) mass is 369 g/mol. The molecule has 1 heterocycles. The maximum atomic E-state index is 13.8. The predicted octanol–water partition coefficient (Wildman–Crippen LogP) is 2.91. The lowest BCUT2D eigenvalue weighted by Gasteiger charge is -2.21. The van der Waals surface area contributed by atoms with E-state index in [9.17, 15) is 18.8 Å². The molecule has 1 aliphatic rings. The van der Waals surface area contributed by atoms with Crippen LogP contribution in [0.25, 0.3) is 0 Å². The van der Waals surface area contributed by atoms with Crippen LogP contribution in [0.2, 0.25) is 0 Å². The third-order valence-electron chi connectivity index (χ3n) is 4.53. The number of nitrogens with zero attached hydrogens (tertiary/aromatic N) is 2. The molecule has 2 aromatic carbocycles. The number of amides is 3. The highest BCUT2D eigenvalue weighted by Gasteiger charge is 2.38. The Hall–Kier alpha value is -3.22. The first-order chi connectivity index (χ1) is 13.0. The van der Waals surface area contributed by atoms with Gasteiger partial charge in [-0.3, -0.25) is 19.3 Å². The summed E-state index contributed by atoms with van der Waals surface area (Å²) in [7, 11) is 0. The Morgan fingerprint density at radius 1 is 1.04 bits per heavy atom. The summed E-state index contributed by atoms with van der Waals surface area (Å²) in [6, 6.07) is 11.1. The summed E-state index contributed by atoms with van der Waals surface area (Å²) in [6.07, 6.45) is 0. The molecule has 6 nitrogen and oxygen atoms in total. The zero-order chi connectivity index (χ0) is 19.6. The molecular formula is C20H20FN3O3. The first-order valence-corrected chi connectivity index (χ1v) is 8.75. The molecule has 0 unspecified atom stereocenters. The molecule has 0 atom stereocenters. The van der Waals surface area contributed by atoms with Gasteiger partial charge in [0.05, 0.1) is 11.1 Å². The van der Waals surface area contributed by atoms with Crippen LogP contribution in [0.5, 0.6) is 0 Å². The quantitative estimate of drug-likeness (QED) is 0.795.